The van der Waals surface area contributed by atoms with Gasteiger partial charge in [-0.25, -0.2) is 0 Å². The van der Waals surface area contributed by atoms with Crippen LogP contribution in [0.5, 0.6) is 0 Å². The average Bonchev–Trinajstić information content (AvgIpc) is 2.78. The van der Waals surface area contributed by atoms with Crippen LogP contribution >= 0.6 is 23.4 Å². The van der Waals surface area contributed by atoms with E-state index in [0.29, 0.717) is 10.9 Å². The smallest absolute Gasteiger partial charge is 0.255 e. The molecule has 0 atom stereocenters. The third-order valence-corrected chi connectivity index (χ3v) is 3.84. The Morgan fingerprint density at radius 3 is 3.00 bits per heavy atom. The lowest BCUT2D eigenvalue weighted by Gasteiger charge is -2.21. The zero-order valence-electron chi connectivity index (χ0n) is 10.7. The van der Waals surface area contributed by atoms with E-state index < -0.39 is 0 Å². The lowest BCUT2D eigenvalue weighted by Crippen LogP contribution is -2.23. The fraction of sp³-hybridized carbons (Fsp3) is 0.545. The van der Waals surface area contributed by atoms with Gasteiger partial charge in [0.15, 0.2) is 0 Å². The fourth-order valence-electron chi connectivity index (χ4n) is 1.88. The van der Waals surface area contributed by atoms with Crippen molar-refractivity contribution in [2.75, 3.05) is 30.5 Å². The van der Waals surface area contributed by atoms with Gasteiger partial charge in [0.1, 0.15) is 17.3 Å². The topological polar surface area (TPSA) is 46.3 Å². The van der Waals surface area contributed by atoms with Crippen molar-refractivity contribution in [2.45, 2.75) is 13.3 Å². The summed E-state index contributed by atoms with van der Waals surface area (Å²) in [4.78, 5) is 10.4. The predicted molar refractivity (Wildman–Crippen MR) is 76.8 cm³/mol. The van der Waals surface area contributed by atoms with Crippen molar-refractivity contribution >= 4 is 35.0 Å². The molecule has 5 nitrogen and oxygen atoms in total. The molecule has 0 spiro atoms. The Morgan fingerprint density at radius 1 is 1.50 bits per heavy atom. The minimum Gasteiger partial charge on any atom is -0.359 e. The molecule has 0 fully saturated rings. The molecule has 0 saturated heterocycles. The summed E-state index contributed by atoms with van der Waals surface area (Å²) in [5.41, 5.74) is 0.932. The zero-order chi connectivity index (χ0) is 13.1. The highest BCUT2D eigenvalue weighted by atomic mass is 35.5. The van der Waals surface area contributed by atoms with E-state index in [4.69, 9.17) is 11.6 Å². The maximum absolute atomic E-state index is 6.13. The van der Waals surface area contributed by atoms with Gasteiger partial charge in [-0.05, 0) is 25.4 Å². The number of fused-ring (bicyclic) bond motifs is 1. The molecule has 2 rings (SSSR count). The molecule has 98 valence electrons. The van der Waals surface area contributed by atoms with Crippen molar-refractivity contribution in [1.82, 2.24) is 19.6 Å². The Hall–Kier alpha value is -1.01. The van der Waals surface area contributed by atoms with E-state index >= 15 is 0 Å². The van der Waals surface area contributed by atoms with Gasteiger partial charge in [-0.2, -0.15) is 31.3 Å². The van der Waals surface area contributed by atoms with Gasteiger partial charge in [0, 0.05) is 19.2 Å². The largest absolute Gasteiger partial charge is 0.359 e. The fourth-order valence-corrected chi connectivity index (χ4v) is 2.46. The van der Waals surface area contributed by atoms with E-state index in [9.17, 15) is 0 Å². The number of nitrogens with zero attached hydrogens (tertiary/aromatic N) is 5. The van der Waals surface area contributed by atoms with Crippen molar-refractivity contribution in [3.05, 3.63) is 17.0 Å². The van der Waals surface area contributed by atoms with Gasteiger partial charge in [0.05, 0.1) is 0 Å². The van der Waals surface area contributed by atoms with Crippen LogP contribution in [-0.2, 0) is 0 Å². The first-order chi connectivity index (χ1) is 8.65. The van der Waals surface area contributed by atoms with E-state index in [-0.39, 0.29) is 0 Å². The summed E-state index contributed by atoms with van der Waals surface area (Å²) in [6, 6.07) is 0. The average molecular weight is 286 g/mol. The van der Waals surface area contributed by atoms with Gasteiger partial charge in [0.2, 0.25) is 0 Å². The highest BCUT2D eigenvalue weighted by Gasteiger charge is 2.15. The number of halogens is 1. The molecule has 2 heterocycles. The second-order valence-corrected chi connectivity index (χ2v) is 5.43. The van der Waals surface area contributed by atoms with Crippen LogP contribution in [0, 0.1) is 6.92 Å². The summed E-state index contributed by atoms with van der Waals surface area (Å²) in [6.45, 7) is 2.91. The molecule has 0 aliphatic rings. The molecule has 0 aliphatic carbocycles. The van der Waals surface area contributed by atoms with E-state index in [1.807, 2.05) is 25.7 Å². The Bertz CT molecular complexity index is 541. The third-order valence-electron chi connectivity index (χ3n) is 2.78. The minimum absolute atomic E-state index is 0.488. The quantitative estimate of drug-likeness (QED) is 0.623. The first-order valence-electron chi connectivity index (χ1n) is 5.71. The molecular weight excluding hydrogens is 270 g/mol. The molecule has 0 saturated carbocycles. The number of anilines is 1. The van der Waals surface area contributed by atoms with Crippen LogP contribution in [0.2, 0.25) is 5.15 Å². The van der Waals surface area contributed by atoms with E-state index in [0.717, 1.165) is 30.1 Å². The van der Waals surface area contributed by atoms with Crippen LogP contribution in [-0.4, -0.2) is 45.2 Å². The third kappa shape index (κ3) is 2.54. The number of rotatable bonds is 5. The van der Waals surface area contributed by atoms with E-state index in [1.165, 1.54) is 6.33 Å². The molecule has 0 bridgehead atoms. The summed E-state index contributed by atoms with van der Waals surface area (Å²) in [5.74, 6) is 2.64. The highest BCUT2D eigenvalue weighted by Crippen LogP contribution is 2.24. The Labute approximate surface area is 116 Å². The van der Waals surface area contributed by atoms with Crippen molar-refractivity contribution in [2.24, 2.45) is 0 Å². The monoisotopic (exact) mass is 285 g/mol. The summed E-state index contributed by atoms with van der Waals surface area (Å²) < 4.78 is 1.74. The molecule has 7 heteroatoms. The summed E-state index contributed by atoms with van der Waals surface area (Å²) in [6.07, 6.45) is 4.73. The van der Waals surface area contributed by atoms with Crippen molar-refractivity contribution < 1.29 is 0 Å². The molecule has 2 aromatic heterocycles. The number of aromatic nitrogens is 4. The SMILES string of the molecule is CSCCCN(C)c1c(C)c(Cl)nc2ncnn12. The first kappa shape index (κ1) is 13.4. The number of thioether (sulfide) groups is 1. The van der Waals surface area contributed by atoms with E-state index in [1.54, 1.807) is 4.52 Å². The molecule has 0 N–H and O–H groups in total. The van der Waals surface area contributed by atoms with Gasteiger partial charge < -0.3 is 4.90 Å². The molecule has 0 radical (unpaired) electrons. The van der Waals surface area contributed by atoms with Crippen molar-refractivity contribution in [3.63, 3.8) is 0 Å². The zero-order valence-corrected chi connectivity index (χ0v) is 12.3. The van der Waals surface area contributed by atoms with Crippen LogP contribution in [0.25, 0.3) is 5.78 Å². The maximum atomic E-state index is 6.13. The van der Waals surface area contributed by atoms with Crippen molar-refractivity contribution in [1.29, 1.82) is 0 Å². The maximum Gasteiger partial charge on any atom is 0.255 e. The molecule has 0 aliphatic heterocycles. The molecule has 0 unspecified atom stereocenters. The van der Waals surface area contributed by atoms with Crippen LogP contribution in [0.1, 0.15) is 12.0 Å². The van der Waals surface area contributed by atoms with Crippen LogP contribution in [0.4, 0.5) is 5.82 Å². The summed E-state index contributed by atoms with van der Waals surface area (Å²) in [7, 11) is 2.04. The predicted octanol–water partition coefficient (Wildman–Crippen LogP) is 2.28. The molecule has 18 heavy (non-hydrogen) atoms. The lowest BCUT2D eigenvalue weighted by molar-refractivity contribution is 0.799. The normalized spacial score (nSPS) is 11.1. The molecule has 0 aromatic carbocycles. The van der Waals surface area contributed by atoms with Gasteiger partial charge in [-0.1, -0.05) is 11.6 Å². The summed E-state index contributed by atoms with van der Waals surface area (Å²) >= 11 is 7.98. The highest BCUT2D eigenvalue weighted by molar-refractivity contribution is 7.98. The van der Waals surface area contributed by atoms with Gasteiger partial charge in [0.25, 0.3) is 5.78 Å². The standard InChI is InChI=1S/C11H16ClN5S/c1-8-9(12)15-11-13-7-14-17(11)10(8)16(2)5-4-6-18-3/h7H,4-6H2,1-3H3. The van der Waals surface area contributed by atoms with Crippen LogP contribution < -0.4 is 4.90 Å². The second-order valence-electron chi connectivity index (χ2n) is 4.09. The van der Waals surface area contributed by atoms with Crippen LogP contribution in [0.3, 0.4) is 0 Å². The van der Waals surface area contributed by atoms with Crippen molar-refractivity contribution in [3.8, 4) is 0 Å². The van der Waals surface area contributed by atoms with Gasteiger partial charge in [-0.15, -0.1) is 0 Å². The van der Waals surface area contributed by atoms with Gasteiger partial charge in [-0.3, -0.25) is 0 Å². The summed E-state index contributed by atoms with van der Waals surface area (Å²) in [5, 5.41) is 4.70. The lowest BCUT2D eigenvalue weighted by atomic mass is 10.3. The molecule has 2 aromatic rings. The molecular formula is C11H16ClN5S. The molecule has 0 amide bonds. The minimum atomic E-state index is 0.488. The first-order valence-corrected chi connectivity index (χ1v) is 7.48. The Balaban J connectivity index is 2.35. The van der Waals surface area contributed by atoms with Gasteiger partial charge >= 0.3 is 0 Å². The van der Waals surface area contributed by atoms with Crippen LogP contribution in [0.15, 0.2) is 6.33 Å². The van der Waals surface area contributed by atoms with E-state index in [2.05, 4.69) is 26.2 Å². The Kier molecular flexibility index (Phi) is 4.29. The number of hydrogen-bond acceptors (Lipinski definition) is 5. The number of hydrogen-bond donors (Lipinski definition) is 0. The second kappa shape index (κ2) is 5.75. The Morgan fingerprint density at radius 2 is 2.28 bits per heavy atom.